The van der Waals surface area contributed by atoms with E-state index in [1.165, 1.54) is 34.4 Å². The third-order valence-corrected chi connectivity index (χ3v) is 4.38. The molecule has 0 radical (unpaired) electrons. The lowest BCUT2D eigenvalue weighted by Gasteiger charge is -2.07. The molecule has 96 valence electrons. The second-order valence-electron chi connectivity index (χ2n) is 5.14. The zero-order valence-corrected chi connectivity index (χ0v) is 12.0. The number of hydrogen-bond acceptors (Lipinski definition) is 1. The Balaban J connectivity index is 1.83. The minimum absolute atomic E-state index is 0.777. The van der Waals surface area contributed by atoms with Crippen LogP contribution in [0.4, 0.5) is 0 Å². The maximum atomic E-state index is 2.34. The van der Waals surface area contributed by atoms with Crippen molar-refractivity contribution in [2.45, 2.75) is 24.7 Å². The van der Waals surface area contributed by atoms with Crippen molar-refractivity contribution in [3.8, 4) is 0 Å². The van der Waals surface area contributed by atoms with Gasteiger partial charge in [0.25, 0.3) is 0 Å². The van der Waals surface area contributed by atoms with Gasteiger partial charge in [-0.3, -0.25) is 0 Å². The van der Waals surface area contributed by atoms with Gasteiger partial charge < -0.3 is 0 Å². The maximum absolute atomic E-state index is 2.34. The molecule has 1 heteroatoms. The highest BCUT2D eigenvalue weighted by Gasteiger charge is 2.26. The molecule has 1 fully saturated rings. The lowest BCUT2D eigenvalue weighted by molar-refractivity contribution is 1.15. The molecule has 3 rings (SSSR count). The Bertz CT molecular complexity index is 562. The van der Waals surface area contributed by atoms with Crippen LogP contribution >= 0.6 is 11.8 Å². The maximum Gasteiger partial charge on any atom is 0.0116 e. The first-order chi connectivity index (χ1) is 9.33. The van der Waals surface area contributed by atoms with Crippen LogP contribution in [0.5, 0.6) is 0 Å². The molecular formula is C18H18S. The molecule has 0 saturated heterocycles. The van der Waals surface area contributed by atoms with E-state index < -0.39 is 0 Å². The highest BCUT2D eigenvalue weighted by Crippen LogP contribution is 2.43. The van der Waals surface area contributed by atoms with E-state index in [4.69, 9.17) is 0 Å². The van der Waals surface area contributed by atoms with Crippen molar-refractivity contribution in [2.75, 3.05) is 0 Å². The predicted octanol–water partition coefficient (Wildman–Crippen LogP) is 5.54. The zero-order valence-electron chi connectivity index (χ0n) is 11.2. The second-order valence-corrected chi connectivity index (χ2v) is 6.09. The highest BCUT2D eigenvalue weighted by atomic mass is 32.2. The highest BCUT2D eigenvalue weighted by molar-refractivity contribution is 8.02. The molecule has 0 aromatic heterocycles. The standard InChI is InChI=1S/C18H18S/c1-14-7-9-15(10-8-14)18(16-11-12-16)13-19-17-5-3-2-4-6-17/h2-10,13,16H,11-12H2,1H3/b18-13+. The topological polar surface area (TPSA) is 0 Å². The molecule has 0 bridgehead atoms. The Kier molecular flexibility index (Phi) is 3.74. The van der Waals surface area contributed by atoms with Crippen LogP contribution in [0.2, 0.25) is 0 Å². The lowest BCUT2D eigenvalue weighted by Crippen LogP contribution is -1.86. The average molecular weight is 266 g/mol. The normalized spacial score (nSPS) is 15.5. The van der Waals surface area contributed by atoms with E-state index in [1.807, 2.05) is 11.8 Å². The number of thioether (sulfide) groups is 1. The van der Waals surface area contributed by atoms with Crippen LogP contribution in [-0.4, -0.2) is 0 Å². The van der Waals surface area contributed by atoms with Crippen LogP contribution in [0.3, 0.4) is 0 Å². The fourth-order valence-corrected chi connectivity index (χ4v) is 3.08. The Morgan fingerprint density at radius 1 is 1.00 bits per heavy atom. The Morgan fingerprint density at radius 2 is 1.68 bits per heavy atom. The molecule has 0 nitrogen and oxygen atoms in total. The van der Waals surface area contributed by atoms with Crippen molar-refractivity contribution in [1.82, 2.24) is 0 Å². The van der Waals surface area contributed by atoms with Gasteiger partial charge in [-0.05, 0) is 54.4 Å². The summed E-state index contributed by atoms with van der Waals surface area (Å²) in [5.41, 5.74) is 4.22. The Hall–Kier alpha value is -1.47. The minimum atomic E-state index is 0.777. The van der Waals surface area contributed by atoms with Crippen LogP contribution < -0.4 is 0 Å². The molecule has 0 N–H and O–H groups in total. The molecule has 2 aromatic carbocycles. The van der Waals surface area contributed by atoms with Crippen molar-refractivity contribution in [3.05, 3.63) is 71.1 Å². The molecule has 0 aliphatic heterocycles. The predicted molar refractivity (Wildman–Crippen MR) is 84.2 cm³/mol. The molecule has 19 heavy (non-hydrogen) atoms. The van der Waals surface area contributed by atoms with Gasteiger partial charge in [0.1, 0.15) is 0 Å². The average Bonchev–Trinajstić information content (AvgIpc) is 3.27. The Morgan fingerprint density at radius 3 is 2.32 bits per heavy atom. The SMILES string of the molecule is Cc1ccc(/C(=C\Sc2ccccc2)C2CC2)cc1. The van der Waals surface area contributed by atoms with Crippen molar-refractivity contribution < 1.29 is 0 Å². The molecule has 0 amide bonds. The van der Waals surface area contributed by atoms with Crippen molar-refractivity contribution >= 4 is 17.3 Å². The smallest absolute Gasteiger partial charge is 0.0116 e. The second kappa shape index (κ2) is 5.66. The van der Waals surface area contributed by atoms with Gasteiger partial charge in [-0.25, -0.2) is 0 Å². The van der Waals surface area contributed by atoms with Gasteiger partial charge in [-0.2, -0.15) is 0 Å². The number of allylic oxidation sites excluding steroid dienone is 1. The number of rotatable bonds is 4. The van der Waals surface area contributed by atoms with E-state index in [1.54, 1.807) is 0 Å². The monoisotopic (exact) mass is 266 g/mol. The summed E-state index contributed by atoms with van der Waals surface area (Å²) in [7, 11) is 0. The lowest BCUT2D eigenvalue weighted by atomic mass is 10.0. The van der Waals surface area contributed by atoms with Crippen LogP contribution in [0.15, 0.2) is 64.9 Å². The molecule has 0 heterocycles. The van der Waals surface area contributed by atoms with Crippen molar-refractivity contribution in [3.63, 3.8) is 0 Å². The summed E-state index contributed by atoms with van der Waals surface area (Å²) >= 11 is 1.83. The van der Waals surface area contributed by atoms with Crippen LogP contribution in [0.25, 0.3) is 5.57 Å². The summed E-state index contributed by atoms with van der Waals surface area (Å²) in [5, 5.41) is 2.34. The molecule has 2 aromatic rings. The van der Waals surface area contributed by atoms with Gasteiger partial charge in [0, 0.05) is 4.90 Å². The summed E-state index contributed by atoms with van der Waals surface area (Å²) < 4.78 is 0. The first-order valence-electron chi connectivity index (χ1n) is 6.82. The van der Waals surface area contributed by atoms with E-state index >= 15 is 0 Å². The van der Waals surface area contributed by atoms with Gasteiger partial charge in [0.05, 0.1) is 0 Å². The van der Waals surface area contributed by atoms with Crippen LogP contribution in [-0.2, 0) is 0 Å². The van der Waals surface area contributed by atoms with Gasteiger partial charge in [0.15, 0.2) is 0 Å². The third-order valence-electron chi connectivity index (χ3n) is 3.47. The van der Waals surface area contributed by atoms with Gasteiger partial charge >= 0.3 is 0 Å². The molecule has 0 atom stereocenters. The van der Waals surface area contributed by atoms with Gasteiger partial charge in [-0.1, -0.05) is 59.8 Å². The summed E-state index contributed by atoms with van der Waals surface area (Å²) in [4.78, 5) is 1.31. The van der Waals surface area contributed by atoms with E-state index in [-0.39, 0.29) is 0 Å². The van der Waals surface area contributed by atoms with E-state index in [0.29, 0.717) is 0 Å². The molecular weight excluding hydrogens is 248 g/mol. The van der Waals surface area contributed by atoms with Crippen LogP contribution in [0.1, 0.15) is 24.0 Å². The number of aryl methyl sites for hydroxylation is 1. The Labute approximate surface area is 119 Å². The van der Waals surface area contributed by atoms with Crippen molar-refractivity contribution in [1.29, 1.82) is 0 Å². The molecule has 1 aliphatic rings. The largest absolute Gasteiger partial charge is 0.0978 e. The van der Waals surface area contributed by atoms with Gasteiger partial charge in [-0.15, -0.1) is 0 Å². The first-order valence-corrected chi connectivity index (χ1v) is 7.70. The zero-order chi connectivity index (χ0) is 13.1. The van der Waals surface area contributed by atoms with E-state index in [9.17, 15) is 0 Å². The van der Waals surface area contributed by atoms with Gasteiger partial charge in [0.2, 0.25) is 0 Å². The third kappa shape index (κ3) is 3.30. The first kappa shape index (κ1) is 12.6. The molecule has 1 saturated carbocycles. The number of hydrogen-bond donors (Lipinski definition) is 0. The molecule has 0 spiro atoms. The number of benzene rings is 2. The van der Waals surface area contributed by atoms with E-state index in [0.717, 1.165) is 5.92 Å². The summed E-state index contributed by atoms with van der Waals surface area (Å²) in [6.45, 7) is 2.14. The summed E-state index contributed by atoms with van der Waals surface area (Å²) in [6, 6.07) is 19.5. The fraction of sp³-hybridized carbons (Fsp3) is 0.222. The summed E-state index contributed by atoms with van der Waals surface area (Å²) in [5.74, 6) is 0.777. The van der Waals surface area contributed by atoms with Crippen LogP contribution in [0, 0.1) is 12.8 Å². The van der Waals surface area contributed by atoms with Crippen molar-refractivity contribution in [2.24, 2.45) is 5.92 Å². The summed E-state index contributed by atoms with van der Waals surface area (Å²) in [6.07, 6.45) is 2.68. The quantitative estimate of drug-likeness (QED) is 0.655. The molecule has 1 aliphatic carbocycles. The van der Waals surface area contributed by atoms with E-state index in [2.05, 4.69) is 66.9 Å². The molecule has 0 unspecified atom stereocenters. The fourth-order valence-electron chi connectivity index (χ4n) is 2.17. The minimum Gasteiger partial charge on any atom is -0.0978 e.